The van der Waals surface area contributed by atoms with Gasteiger partial charge in [-0.2, -0.15) is 0 Å². The first-order chi connectivity index (χ1) is 7.45. The second-order valence-corrected chi connectivity index (χ2v) is 4.19. The van der Waals surface area contributed by atoms with E-state index in [0.717, 1.165) is 12.0 Å². The molecule has 0 saturated heterocycles. The molecule has 0 bridgehead atoms. The van der Waals surface area contributed by atoms with E-state index in [1.165, 1.54) is 0 Å². The van der Waals surface area contributed by atoms with Crippen LogP contribution in [0, 0.1) is 0 Å². The number of rotatable bonds is 3. The molecular formula is C12H21NO3. The van der Waals surface area contributed by atoms with Gasteiger partial charge in [0.2, 0.25) is 0 Å². The lowest BCUT2D eigenvalue weighted by atomic mass is 9.98. The summed E-state index contributed by atoms with van der Waals surface area (Å²) in [5.41, 5.74) is 7.23. The largest absolute Gasteiger partial charge is 0.389 e. The molecule has 0 radical (unpaired) electrons. The van der Waals surface area contributed by atoms with Crippen LogP contribution in [0.1, 0.15) is 27.2 Å². The Bertz CT molecular complexity index is 297. The van der Waals surface area contributed by atoms with E-state index in [0.29, 0.717) is 5.57 Å². The zero-order valence-corrected chi connectivity index (χ0v) is 10.1. The summed E-state index contributed by atoms with van der Waals surface area (Å²) < 4.78 is 5.32. The predicted octanol–water partition coefficient (Wildman–Crippen LogP) is 0.694. The van der Waals surface area contributed by atoms with Crippen molar-refractivity contribution in [1.82, 2.24) is 0 Å². The van der Waals surface area contributed by atoms with Crippen LogP contribution in [0.4, 0.5) is 0 Å². The molecule has 1 heterocycles. The van der Waals surface area contributed by atoms with Crippen LogP contribution < -0.4 is 5.73 Å². The molecule has 1 aliphatic heterocycles. The molecule has 4 heteroatoms. The normalized spacial score (nSPS) is 32.4. The fourth-order valence-electron chi connectivity index (χ4n) is 1.61. The van der Waals surface area contributed by atoms with Crippen molar-refractivity contribution in [3.05, 3.63) is 23.3 Å². The van der Waals surface area contributed by atoms with Gasteiger partial charge in [0.15, 0.2) is 6.29 Å². The van der Waals surface area contributed by atoms with E-state index in [1.54, 1.807) is 13.0 Å². The molecule has 0 aromatic rings. The van der Waals surface area contributed by atoms with Gasteiger partial charge >= 0.3 is 0 Å². The van der Waals surface area contributed by atoms with Gasteiger partial charge in [-0.05, 0) is 31.9 Å². The molecule has 92 valence electrons. The molecule has 1 rings (SSSR count). The van der Waals surface area contributed by atoms with Crippen molar-refractivity contribution in [2.75, 3.05) is 0 Å². The minimum absolute atomic E-state index is 0.0252. The molecular weight excluding hydrogens is 206 g/mol. The first-order valence-corrected chi connectivity index (χ1v) is 5.66. The molecule has 4 N–H and O–H groups in total. The van der Waals surface area contributed by atoms with E-state index >= 15 is 0 Å². The minimum Gasteiger partial charge on any atom is -0.389 e. The molecule has 0 amide bonds. The summed E-state index contributed by atoms with van der Waals surface area (Å²) in [6.07, 6.45) is 2.60. The Hall–Kier alpha value is -0.680. The number of aliphatic hydroxyl groups excluding tert-OH is 2. The fraction of sp³-hybridized carbons (Fsp3) is 0.667. The van der Waals surface area contributed by atoms with Crippen LogP contribution in [0.3, 0.4) is 0 Å². The predicted molar refractivity (Wildman–Crippen MR) is 62.7 cm³/mol. The van der Waals surface area contributed by atoms with E-state index in [-0.39, 0.29) is 12.1 Å². The van der Waals surface area contributed by atoms with Crippen molar-refractivity contribution in [3.8, 4) is 0 Å². The third-order valence-corrected chi connectivity index (χ3v) is 2.78. The van der Waals surface area contributed by atoms with Crippen LogP contribution in [0.2, 0.25) is 0 Å². The van der Waals surface area contributed by atoms with Crippen LogP contribution in [-0.4, -0.2) is 34.8 Å². The maximum absolute atomic E-state index is 9.61. The van der Waals surface area contributed by atoms with Crippen molar-refractivity contribution in [2.45, 2.75) is 51.7 Å². The molecule has 0 aliphatic carbocycles. The molecule has 0 spiro atoms. The van der Waals surface area contributed by atoms with Gasteiger partial charge in [0.25, 0.3) is 0 Å². The maximum atomic E-state index is 9.61. The standard InChI is InChI=1S/C12H21NO3/c1-4-10(13)5-9-6-11(7(2)14)12(15)16-8(9)3/h5-8,10,12,14-15H,4,13H2,1-3H3/b9-5-/t7?,8-,10?,12?/m0/s1. The van der Waals surface area contributed by atoms with E-state index in [1.807, 2.05) is 19.9 Å². The molecule has 4 atom stereocenters. The molecule has 0 aromatic carbocycles. The second-order valence-electron chi connectivity index (χ2n) is 4.19. The lowest BCUT2D eigenvalue weighted by molar-refractivity contribution is -0.108. The summed E-state index contributed by atoms with van der Waals surface area (Å²) in [6.45, 7) is 5.46. The van der Waals surface area contributed by atoms with Gasteiger partial charge in [0.1, 0.15) is 0 Å². The topological polar surface area (TPSA) is 75.7 Å². The maximum Gasteiger partial charge on any atom is 0.180 e. The van der Waals surface area contributed by atoms with Gasteiger partial charge in [-0.3, -0.25) is 0 Å². The number of nitrogens with two attached hydrogens (primary N) is 1. The fourth-order valence-corrected chi connectivity index (χ4v) is 1.61. The third-order valence-electron chi connectivity index (χ3n) is 2.78. The van der Waals surface area contributed by atoms with Crippen molar-refractivity contribution >= 4 is 0 Å². The van der Waals surface area contributed by atoms with Crippen molar-refractivity contribution in [1.29, 1.82) is 0 Å². The smallest absolute Gasteiger partial charge is 0.180 e. The summed E-state index contributed by atoms with van der Waals surface area (Å²) in [5, 5.41) is 19.1. The molecule has 16 heavy (non-hydrogen) atoms. The molecule has 4 nitrogen and oxygen atoms in total. The van der Waals surface area contributed by atoms with Crippen LogP contribution in [-0.2, 0) is 4.74 Å². The second kappa shape index (κ2) is 5.59. The quantitative estimate of drug-likeness (QED) is 0.663. The zero-order valence-electron chi connectivity index (χ0n) is 10.1. The van der Waals surface area contributed by atoms with Gasteiger partial charge in [-0.25, -0.2) is 0 Å². The van der Waals surface area contributed by atoms with E-state index in [9.17, 15) is 10.2 Å². The van der Waals surface area contributed by atoms with Gasteiger partial charge in [-0.1, -0.05) is 13.0 Å². The average Bonchev–Trinajstić information content (AvgIpc) is 2.21. The van der Waals surface area contributed by atoms with Gasteiger partial charge in [0.05, 0.1) is 12.2 Å². The minimum atomic E-state index is -1.02. The Morgan fingerprint density at radius 2 is 2.25 bits per heavy atom. The highest BCUT2D eigenvalue weighted by Gasteiger charge is 2.26. The molecule has 1 aliphatic rings. The Morgan fingerprint density at radius 1 is 1.62 bits per heavy atom. The average molecular weight is 227 g/mol. The third kappa shape index (κ3) is 3.15. The van der Waals surface area contributed by atoms with Crippen LogP contribution in [0.5, 0.6) is 0 Å². The monoisotopic (exact) mass is 227 g/mol. The van der Waals surface area contributed by atoms with Crippen LogP contribution in [0.25, 0.3) is 0 Å². The highest BCUT2D eigenvalue weighted by Crippen LogP contribution is 2.24. The first kappa shape index (κ1) is 13.4. The lowest BCUT2D eigenvalue weighted by Gasteiger charge is -2.29. The van der Waals surface area contributed by atoms with Crippen molar-refractivity contribution < 1.29 is 14.9 Å². The Kier molecular flexibility index (Phi) is 4.68. The van der Waals surface area contributed by atoms with Gasteiger partial charge in [-0.15, -0.1) is 0 Å². The highest BCUT2D eigenvalue weighted by molar-refractivity contribution is 5.33. The Balaban J connectivity index is 2.96. The van der Waals surface area contributed by atoms with E-state index in [4.69, 9.17) is 10.5 Å². The Labute approximate surface area is 96.4 Å². The molecule has 3 unspecified atom stereocenters. The zero-order chi connectivity index (χ0) is 12.3. The molecule has 0 fully saturated rings. The number of hydrogen-bond acceptors (Lipinski definition) is 4. The van der Waals surface area contributed by atoms with Crippen molar-refractivity contribution in [2.24, 2.45) is 5.73 Å². The van der Waals surface area contributed by atoms with Gasteiger partial charge < -0.3 is 20.7 Å². The summed E-state index contributed by atoms with van der Waals surface area (Å²) in [4.78, 5) is 0. The molecule has 0 aromatic heterocycles. The van der Waals surface area contributed by atoms with E-state index < -0.39 is 12.4 Å². The first-order valence-electron chi connectivity index (χ1n) is 5.66. The van der Waals surface area contributed by atoms with Crippen LogP contribution >= 0.6 is 0 Å². The summed E-state index contributed by atoms with van der Waals surface area (Å²) in [5.74, 6) is 0. The lowest BCUT2D eigenvalue weighted by Crippen LogP contribution is -2.32. The van der Waals surface area contributed by atoms with Gasteiger partial charge in [0, 0.05) is 11.6 Å². The molecule has 0 saturated carbocycles. The number of ether oxygens (including phenoxy) is 1. The summed E-state index contributed by atoms with van der Waals surface area (Å²) >= 11 is 0. The SMILES string of the molecule is CCC(N)/C=C1/C=C(C(C)O)C(O)O[C@H]1C. The number of aliphatic hydroxyl groups is 2. The van der Waals surface area contributed by atoms with E-state index in [2.05, 4.69) is 0 Å². The summed E-state index contributed by atoms with van der Waals surface area (Å²) in [6, 6.07) is -0.0252. The summed E-state index contributed by atoms with van der Waals surface area (Å²) in [7, 11) is 0. The van der Waals surface area contributed by atoms with Crippen LogP contribution in [0.15, 0.2) is 23.3 Å². The number of hydrogen-bond donors (Lipinski definition) is 3. The highest BCUT2D eigenvalue weighted by atomic mass is 16.6. The Morgan fingerprint density at radius 3 is 2.75 bits per heavy atom. The van der Waals surface area contributed by atoms with Crippen molar-refractivity contribution in [3.63, 3.8) is 0 Å².